The Kier molecular flexibility index (Phi) is 6.45. The minimum atomic E-state index is -4.55. The summed E-state index contributed by atoms with van der Waals surface area (Å²) in [6.07, 6.45) is -3.08. The van der Waals surface area contributed by atoms with E-state index in [1.54, 1.807) is 32.0 Å². The molecule has 0 aliphatic carbocycles. The highest BCUT2D eigenvalue weighted by atomic mass is 32.2. The molecule has 2 aromatic rings. The van der Waals surface area contributed by atoms with Crippen molar-refractivity contribution in [2.45, 2.75) is 20.0 Å². The molecular formula is C22H18F3NO4S. The third kappa shape index (κ3) is 4.93. The number of carbonyl (C=O) groups is 1. The summed E-state index contributed by atoms with van der Waals surface area (Å²) in [6, 6.07) is 9.37. The van der Waals surface area contributed by atoms with Crippen LogP contribution in [-0.2, 0) is 15.7 Å². The molecule has 2 N–H and O–H groups in total. The Morgan fingerprint density at radius 2 is 1.90 bits per heavy atom. The summed E-state index contributed by atoms with van der Waals surface area (Å²) >= 11 is 0.892. The van der Waals surface area contributed by atoms with Crippen molar-refractivity contribution < 1.29 is 32.9 Å². The van der Waals surface area contributed by atoms with Crippen molar-refractivity contribution in [2.24, 2.45) is 4.99 Å². The fourth-order valence-corrected chi connectivity index (χ4v) is 3.83. The van der Waals surface area contributed by atoms with Gasteiger partial charge in [-0.05, 0) is 43.7 Å². The van der Waals surface area contributed by atoms with Gasteiger partial charge < -0.3 is 14.9 Å². The first-order chi connectivity index (χ1) is 14.6. The molecule has 0 unspecified atom stereocenters. The van der Waals surface area contributed by atoms with Gasteiger partial charge in [-0.15, -0.1) is 0 Å². The lowest BCUT2D eigenvalue weighted by molar-refractivity contribution is -0.138. The van der Waals surface area contributed by atoms with E-state index in [0.717, 1.165) is 23.9 Å². The SMILES string of the molecule is CCOC(=O)C1=C(O)/C(=C\c2cccc(C)c2O)SC1=Nc1cccc(C(F)(F)F)c1. The van der Waals surface area contributed by atoms with Crippen molar-refractivity contribution in [3.8, 4) is 5.75 Å². The summed E-state index contributed by atoms with van der Waals surface area (Å²) in [6.45, 7) is 3.33. The number of ether oxygens (including phenoxy) is 1. The Morgan fingerprint density at radius 3 is 2.58 bits per heavy atom. The molecule has 2 aromatic carbocycles. The lowest BCUT2D eigenvalue weighted by atomic mass is 10.1. The van der Waals surface area contributed by atoms with E-state index in [1.807, 2.05) is 0 Å². The number of phenolic OH excluding ortho intramolecular Hbond substituents is 1. The van der Waals surface area contributed by atoms with Gasteiger partial charge >= 0.3 is 12.1 Å². The molecule has 3 rings (SSSR count). The third-order valence-corrected chi connectivity index (χ3v) is 5.35. The smallest absolute Gasteiger partial charge is 0.416 e. The van der Waals surface area contributed by atoms with Crippen molar-refractivity contribution in [1.29, 1.82) is 0 Å². The second-order valence-electron chi connectivity index (χ2n) is 6.53. The van der Waals surface area contributed by atoms with E-state index in [9.17, 15) is 28.2 Å². The summed E-state index contributed by atoms with van der Waals surface area (Å²) in [5, 5.41) is 20.9. The molecule has 5 nitrogen and oxygen atoms in total. The number of nitrogens with zero attached hydrogens (tertiary/aromatic N) is 1. The summed E-state index contributed by atoms with van der Waals surface area (Å²) in [4.78, 5) is 16.8. The minimum Gasteiger partial charge on any atom is -0.507 e. The zero-order valence-electron chi connectivity index (χ0n) is 16.5. The van der Waals surface area contributed by atoms with Crippen LogP contribution in [0.15, 0.2) is 63.7 Å². The van der Waals surface area contributed by atoms with Gasteiger partial charge in [0.05, 0.1) is 22.8 Å². The first-order valence-corrected chi connectivity index (χ1v) is 9.98. The lowest BCUT2D eigenvalue weighted by Crippen LogP contribution is -2.13. The minimum absolute atomic E-state index is 0.00403. The van der Waals surface area contributed by atoms with Crippen LogP contribution in [0.1, 0.15) is 23.6 Å². The van der Waals surface area contributed by atoms with Gasteiger partial charge in [-0.25, -0.2) is 9.79 Å². The number of aliphatic hydroxyl groups is 1. The maximum Gasteiger partial charge on any atom is 0.416 e. The van der Waals surface area contributed by atoms with Gasteiger partial charge in [0, 0.05) is 5.56 Å². The maximum absolute atomic E-state index is 13.0. The fraction of sp³-hybridized carbons (Fsp3) is 0.182. The molecule has 9 heteroatoms. The highest BCUT2D eigenvalue weighted by Gasteiger charge is 2.34. The number of hydrogen-bond acceptors (Lipinski definition) is 6. The molecule has 1 heterocycles. The number of halogens is 3. The summed E-state index contributed by atoms with van der Waals surface area (Å²) in [7, 11) is 0. The number of aliphatic imine (C=N–C) groups is 1. The molecule has 0 spiro atoms. The van der Waals surface area contributed by atoms with E-state index in [2.05, 4.69) is 4.99 Å². The van der Waals surface area contributed by atoms with Crippen LogP contribution in [0.25, 0.3) is 6.08 Å². The lowest BCUT2D eigenvalue weighted by Gasteiger charge is -2.07. The molecule has 0 radical (unpaired) electrons. The number of alkyl halides is 3. The van der Waals surface area contributed by atoms with Crippen molar-refractivity contribution >= 4 is 34.5 Å². The number of phenols is 1. The quantitative estimate of drug-likeness (QED) is 0.567. The molecule has 0 aromatic heterocycles. The molecule has 0 saturated heterocycles. The van der Waals surface area contributed by atoms with Crippen LogP contribution in [-0.4, -0.2) is 27.8 Å². The Morgan fingerprint density at radius 1 is 1.19 bits per heavy atom. The third-order valence-electron chi connectivity index (χ3n) is 4.33. The maximum atomic E-state index is 13.0. The summed E-state index contributed by atoms with van der Waals surface area (Å²) in [5.74, 6) is -1.27. The first kappa shape index (κ1) is 22.5. The van der Waals surface area contributed by atoms with E-state index in [-0.39, 0.29) is 33.6 Å². The Bertz CT molecular complexity index is 1120. The number of thioether (sulfide) groups is 1. The predicted octanol–water partition coefficient (Wildman–Crippen LogP) is 5.91. The Balaban J connectivity index is 2.09. The van der Waals surface area contributed by atoms with Gasteiger partial charge in [-0.2, -0.15) is 13.2 Å². The number of aromatic hydroxyl groups is 1. The van der Waals surface area contributed by atoms with Crippen molar-refractivity contribution in [3.63, 3.8) is 0 Å². The number of esters is 1. The van der Waals surface area contributed by atoms with E-state index in [1.165, 1.54) is 18.2 Å². The van der Waals surface area contributed by atoms with Crippen molar-refractivity contribution in [3.05, 3.63) is 75.4 Å². The Labute approximate surface area is 180 Å². The zero-order valence-corrected chi connectivity index (χ0v) is 17.3. The van der Waals surface area contributed by atoms with E-state index < -0.39 is 23.5 Å². The van der Waals surface area contributed by atoms with Crippen LogP contribution in [0.3, 0.4) is 0 Å². The number of benzene rings is 2. The molecule has 0 fully saturated rings. The van der Waals surface area contributed by atoms with Gasteiger partial charge in [-0.1, -0.05) is 36.0 Å². The number of aryl methyl sites for hydroxylation is 1. The number of rotatable bonds is 4. The topological polar surface area (TPSA) is 79.1 Å². The van der Waals surface area contributed by atoms with Crippen LogP contribution in [0.4, 0.5) is 18.9 Å². The standard InChI is InChI=1S/C22H18F3NO4S/c1-3-30-21(29)17-19(28)16(10-13-7-4-6-12(2)18(13)27)31-20(17)26-15-9-5-8-14(11-15)22(23,24)25/h4-11,27-28H,3H2,1-2H3/b16-10+,26-20?. The van der Waals surface area contributed by atoms with Crippen molar-refractivity contribution in [1.82, 2.24) is 0 Å². The molecular weight excluding hydrogens is 431 g/mol. The van der Waals surface area contributed by atoms with Crippen LogP contribution in [0, 0.1) is 6.92 Å². The average molecular weight is 449 g/mol. The predicted molar refractivity (Wildman–Crippen MR) is 113 cm³/mol. The molecule has 0 bridgehead atoms. The average Bonchev–Trinajstić information content (AvgIpc) is 3.00. The molecule has 0 amide bonds. The van der Waals surface area contributed by atoms with Gasteiger partial charge in [0.25, 0.3) is 0 Å². The van der Waals surface area contributed by atoms with Crippen LogP contribution < -0.4 is 0 Å². The summed E-state index contributed by atoms with van der Waals surface area (Å²) < 4.78 is 44.0. The zero-order chi connectivity index (χ0) is 22.8. The largest absolute Gasteiger partial charge is 0.507 e. The molecule has 1 aliphatic heterocycles. The number of aliphatic hydroxyl groups excluding tert-OH is 1. The van der Waals surface area contributed by atoms with Crippen molar-refractivity contribution in [2.75, 3.05) is 6.61 Å². The molecule has 1 aliphatic rings. The number of carbonyl (C=O) groups excluding carboxylic acids is 1. The van der Waals surface area contributed by atoms with Crippen LogP contribution in [0.5, 0.6) is 5.75 Å². The molecule has 162 valence electrons. The second-order valence-corrected chi connectivity index (χ2v) is 7.56. The molecule has 0 atom stereocenters. The van der Waals surface area contributed by atoms with E-state index in [4.69, 9.17) is 4.74 Å². The molecule has 31 heavy (non-hydrogen) atoms. The van der Waals surface area contributed by atoms with Crippen LogP contribution >= 0.6 is 11.8 Å². The van der Waals surface area contributed by atoms with E-state index >= 15 is 0 Å². The highest BCUT2D eigenvalue weighted by molar-refractivity contribution is 8.18. The number of para-hydroxylation sites is 1. The second kappa shape index (κ2) is 8.89. The summed E-state index contributed by atoms with van der Waals surface area (Å²) in [5.41, 5.74) is -0.153. The number of hydrogen-bond donors (Lipinski definition) is 2. The monoisotopic (exact) mass is 449 g/mol. The Hall–Kier alpha value is -3.20. The highest BCUT2D eigenvalue weighted by Crippen LogP contribution is 2.41. The first-order valence-electron chi connectivity index (χ1n) is 9.17. The fourth-order valence-electron chi connectivity index (χ4n) is 2.80. The van der Waals surface area contributed by atoms with E-state index in [0.29, 0.717) is 11.1 Å². The van der Waals surface area contributed by atoms with Gasteiger partial charge in [-0.3, -0.25) is 0 Å². The van der Waals surface area contributed by atoms with Gasteiger partial charge in [0.15, 0.2) is 0 Å². The van der Waals surface area contributed by atoms with Crippen LogP contribution in [0.2, 0.25) is 0 Å². The normalized spacial score (nSPS) is 16.9. The molecule has 0 saturated carbocycles. The van der Waals surface area contributed by atoms with Gasteiger partial charge in [0.1, 0.15) is 22.1 Å². The van der Waals surface area contributed by atoms with Gasteiger partial charge in [0.2, 0.25) is 0 Å².